The Kier molecular flexibility index (Phi) is 7.45. The highest BCUT2D eigenvalue weighted by Gasteiger charge is 2.14. The van der Waals surface area contributed by atoms with Crippen LogP contribution in [-0.4, -0.2) is 36.1 Å². The number of thiazole rings is 1. The van der Waals surface area contributed by atoms with E-state index in [-0.39, 0.29) is 24.2 Å². The van der Waals surface area contributed by atoms with Crippen molar-refractivity contribution in [3.8, 4) is 0 Å². The molecule has 0 aromatic carbocycles. The SMILES string of the molecule is C=CCNc1nc(C(=O)OCC(=O)NC(C)CCC)cs1. The number of amides is 1. The van der Waals surface area contributed by atoms with E-state index in [1.54, 1.807) is 11.5 Å². The normalized spacial score (nSPS) is 11.5. The van der Waals surface area contributed by atoms with Crippen LogP contribution < -0.4 is 10.6 Å². The van der Waals surface area contributed by atoms with Crippen LogP contribution in [0, 0.1) is 0 Å². The number of hydrogen-bond donors (Lipinski definition) is 2. The Labute approximate surface area is 128 Å². The molecule has 0 aliphatic heterocycles. The van der Waals surface area contributed by atoms with Crippen molar-refractivity contribution in [1.82, 2.24) is 10.3 Å². The second kappa shape index (κ2) is 9.12. The first-order valence-corrected chi connectivity index (χ1v) is 7.71. The number of carbonyl (C=O) groups is 2. The molecule has 0 aliphatic rings. The minimum Gasteiger partial charge on any atom is -0.451 e. The van der Waals surface area contributed by atoms with E-state index in [0.29, 0.717) is 11.7 Å². The highest BCUT2D eigenvalue weighted by atomic mass is 32.1. The Bertz CT molecular complexity index is 488. The maximum absolute atomic E-state index is 11.7. The molecule has 1 atom stereocenters. The van der Waals surface area contributed by atoms with E-state index >= 15 is 0 Å². The summed E-state index contributed by atoms with van der Waals surface area (Å²) in [6, 6.07) is 0.0789. The van der Waals surface area contributed by atoms with Crippen LogP contribution in [0.3, 0.4) is 0 Å². The highest BCUT2D eigenvalue weighted by Crippen LogP contribution is 2.15. The van der Waals surface area contributed by atoms with Crippen LogP contribution in [0.1, 0.15) is 37.2 Å². The Morgan fingerprint density at radius 3 is 3.00 bits per heavy atom. The molecule has 116 valence electrons. The number of anilines is 1. The van der Waals surface area contributed by atoms with Gasteiger partial charge in [0.25, 0.3) is 5.91 Å². The number of aromatic nitrogens is 1. The van der Waals surface area contributed by atoms with Gasteiger partial charge in [-0.1, -0.05) is 19.4 Å². The number of carbonyl (C=O) groups excluding carboxylic acids is 2. The molecule has 0 saturated carbocycles. The van der Waals surface area contributed by atoms with Gasteiger partial charge in [-0.3, -0.25) is 4.79 Å². The molecule has 2 N–H and O–H groups in total. The zero-order valence-corrected chi connectivity index (χ0v) is 13.2. The number of rotatable bonds is 9. The second-order valence-corrected chi connectivity index (χ2v) is 5.40. The van der Waals surface area contributed by atoms with Gasteiger partial charge in [-0.05, 0) is 13.3 Å². The van der Waals surface area contributed by atoms with Crippen molar-refractivity contribution in [2.45, 2.75) is 32.7 Å². The lowest BCUT2D eigenvalue weighted by Gasteiger charge is -2.12. The quantitative estimate of drug-likeness (QED) is 0.540. The Morgan fingerprint density at radius 2 is 2.33 bits per heavy atom. The summed E-state index contributed by atoms with van der Waals surface area (Å²) in [6.45, 7) is 7.82. The van der Waals surface area contributed by atoms with Gasteiger partial charge in [0.1, 0.15) is 0 Å². The summed E-state index contributed by atoms with van der Waals surface area (Å²) in [6.07, 6.45) is 3.58. The lowest BCUT2D eigenvalue weighted by Crippen LogP contribution is -2.35. The van der Waals surface area contributed by atoms with E-state index in [9.17, 15) is 9.59 Å². The van der Waals surface area contributed by atoms with Crippen LogP contribution in [0.15, 0.2) is 18.0 Å². The molecule has 1 amide bonds. The lowest BCUT2D eigenvalue weighted by atomic mass is 10.2. The van der Waals surface area contributed by atoms with Crippen molar-refractivity contribution in [3.05, 3.63) is 23.7 Å². The molecule has 1 rings (SSSR count). The first kappa shape index (κ1) is 17.2. The fraction of sp³-hybridized carbons (Fsp3) is 0.500. The molecule has 0 fully saturated rings. The molecule has 0 saturated heterocycles. The average Bonchev–Trinajstić information content (AvgIpc) is 2.91. The summed E-state index contributed by atoms with van der Waals surface area (Å²) in [7, 11) is 0. The standard InChI is InChI=1S/C14H21N3O3S/c1-4-6-10(3)16-12(18)8-20-13(19)11-9-21-14(17-11)15-7-5-2/h5,9-10H,2,4,6-8H2,1,3H3,(H,15,17)(H,16,18). The number of nitrogens with zero attached hydrogens (tertiary/aromatic N) is 1. The number of hydrogen-bond acceptors (Lipinski definition) is 6. The lowest BCUT2D eigenvalue weighted by molar-refractivity contribution is -0.124. The van der Waals surface area contributed by atoms with Crippen LogP contribution in [0.25, 0.3) is 0 Å². The summed E-state index contributed by atoms with van der Waals surface area (Å²) >= 11 is 1.30. The first-order valence-electron chi connectivity index (χ1n) is 6.83. The zero-order chi connectivity index (χ0) is 15.7. The predicted octanol–water partition coefficient (Wildman–Crippen LogP) is 2.20. The number of esters is 1. The fourth-order valence-electron chi connectivity index (χ4n) is 1.63. The van der Waals surface area contributed by atoms with Crippen LogP contribution in [0.5, 0.6) is 0 Å². The van der Waals surface area contributed by atoms with E-state index in [2.05, 4.69) is 22.2 Å². The number of ether oxygens (including phenoxy) is 1. The maximum Gasteiger partial charge on any atom is 0.358 e. The van der Waals surface area contributed by atoms with Crippen molar-refractivity contribution in [3.63, 3.8) is 0 Å². The third-order valence-corrected chi connectivity index (χ3v) is 3.37. The van der Waals surface area contributed by atoms with Gasteiger partial charge >= 0.3 is 5.97 Å². The predicted molar refractivity (Wildman–Crippen MR) is 83.6 cm³/mol. The molecule has 1 aromatic heterocycles. The van der Waals surface area contributed by atoms with E-state index in [4.69, 9.17) is 4.74 Å². The van der Waals surface area contributed by atoms with Crippen molar-refractivity contribution < 1.29 is 14.3 Å². The average molecular weight is 311 g/mol. The van der Waals surface area contributed by atoms with Gasteiger partial charge in [0.05, 0.1) is 0 Å². The molecule has 6 nitrogen and oxygen atoms in total. The molecule has 0 spiro atoms. The zero-order valence-electron chi connectivity index (χ0n) is 12.3. The van der Waals surface area contributed by atoms with Gasteiger partial charge in [-0.2, -0.15) is 0 Å². The van der Waals surface area contributed by atoms with Crippen LogP contribution in [-0.2, 0) is 9.53 Å². The van der Waals surface area contributed by atoms with E-state index in [1.165, 1.54) is 11.3 Å². The molecule has 0 radical (unpaired) electrons. The van der Waals surface area contributed by atoms with Gasteiger partial charge < -0.3 is 15.4 Å². The van der Waals surface area contributed by atoms with Crippen molar-refractivity contribution in [2.75, 3.05) is 18.5 Å². The molecule has 1 unspecified atom stereocenters. The van der Waals surface area contributed by atoms with Gasteiger partial charge in [-0.25, -0.2) is 9.78 Å². The summed E-state index contributed by atoms with van der Waals surface area (Å²) in [5.41, 5.74) is 0.195. The second-order valence-electron chi connectivity index (χ2n) is 4.54. The van der Waals surface area contributed by atoms with E-state index in [1.807, 2.05) is 13.8 Å². The van der Waals surface area contributed by atoms with E-state index in [0.717, 1.165) is 12.8 Å². The topological polar surface area (TPSA) is 80.3 Å². The third-order valence-electron chi connectivity index (χ3n) is 2.57. The monoisotopic (exact) mass is 311 g/mol. The molecule has 7 heteroatoms. The van der Waals surface area contributed by atoms with Gasteiger partial charge in [0, 0.05) is 18.0 Å². The maximum atomic E-state index is 11.7. The minimum atomic E-state index is -0.601. The van der Waals surface area contributed by atoms with Crippen LogP contribution in [0.2, 0.25) is 0 Å². The fourth-order valence-corrected chi connectivity index (χ4v) is 2.32. The number of nitrogens with one attached hydrogen (secondary N) is 2. The first-order chi connectivity index (χ1) is 10.1. The van der Waals surface area contributed by atoms with Crippen molar-refractivity contribution in [1.29, 1.82) is 0 Å². The summed E-state index contributed by atoms with van der Waals surface area (Å²) in [5.74, 6) is -0.902. The van der Waals surface area contributed by atoms with Crippen LogP contribution in [0.4, 0.5) is 5.13 Å². The Morgan fingerprint density at radius 1 is 1.57 bits per heavy atom. The summed E-state index contributed by atoms with van der Waals surface area (Å²) < 4.78 is 4.93. The van der Waals surface area contributed by atoms with Gasteiger partial charge in [-0.15, -0.1) is 17.9 Å². The third kappa shape index (κ3) is 6.40. The van der Waals surface area contributed by atoms with Crippen molar-refractivity contribution in [2.24, 2.45) is 0 Å². The van der Waals surface area contributed by atoms with Crippen molar-refractivity contribution >= 4 is 28.3 Å². The summed E-state index contributed by atoms with van der Waals surface area (Å²) in [5, 5.41) is 7.94. The molecule has 1 aromatic rings. The molecule has 0 bridgehead atoms. The Hall–Kier alpha value is -1.89. The van der Waals surface area contributed by atoms with Gasteiger partial charge in [0.2, 0.25) is 0 Å². The molecular formula is C14H21N3O3S. The summed E-state index contributed by atoms with van der Waals surface area (Å²) in [4.78, 5) is 27.4. The highest BCUT2D eigenvalue weighted by molar-refractivity contribution is 7.13. The van der Waals surface area contributed by atoms with E-state index < -0.39 is 5.97 Å². The minimum absolute atomic E-state index is 0.0789. The Balaban J connectivity index is 2.37. The molecule has 0 aliphatic carbocycles. The molecule has 21 heavy (non-hydrogen) atoms. The largest absolute Gasteiger partial charge is 0.451 e. The smallest absolute Gasteiger partial charge is 0.358 e. The molecule has 1 heterocycles. The molecular weight excluding hydrogens is 290 g/mol. The van der Waals surface area contributed by atoms with Crippen LogP contribution >= 0.6 is 11.3 Å². The van der Waals surface area contributed by atoms with Gasteiger partial charge in [0.15, 0.2) is 17.4 Å².